The van der Waals surface area contributed by atoms with Gasteiger partial charge in [-0.3, -0.25) is 9.69 Å². The lowest BCUT2D eigenvalue weighted by atomic mass is 9.99. The van der Waals surface area contributed by atoms with Crippen LogP contribution in [0.1, 0.15) is 36.2 Å². The molecule has 98 valence electrons. The molecule has 0 spiro atoms. The smallest absolute Gasteiger partial charge is 0.287 e. The quantitative estimate of drug-likeness (QED) is 0.912. The Morgan fingerprint density at radius 1 is 1.33 bits per heavy atom. The lowest BCUT2D eigenvalue weighted by molar-refractivity contribution is 0.0886. The van der Waals surface area contributed by atoms with Gasteiger partial charge in [0.1, 0.15) is 0 Å². The third-order valence-corrected chi connectivity index (χ3v) is 4.40. The minimum atomic E-state index is -0.0990. The molecule has 3 heterocycles. The van der Waals surface area contributed by atoms with E-state index in [2.05, 4.69) is 26.1 Å². The van der Waals surface area contributed by atoms with Crippen LogP contribution in [-0.4, -0.2) is 36.0 Å². The van der Waals surface area contributed by atoms with E-state index in [0.29, 0.717) is 16.5 Å². The van der Waals surface area contributed by atoms with E-state index in [9.17, 15) is 4.79 Å². The van der Waals surface area contributed by atoms with Crippen LogP contribution < -0.4 is 5.32 Å². The molecule has 2 unspecified atom stereocenters. The van der Waals surface area contributed by atoms with Gasteiger partial charge >= 0.3 is 0 Å². The van der Waals surface area contributed by atoms with E-state index in [1.165, 1.54) is 25.8 Å². The average molecular weight is 313 g/mol. The Morgan fingerprint density at radius 3 is 3.00 bits per heavy atom. The Kier molecular flexibility index (Phi) is 3.43. The van der Waals surface area contributed by atoms with E-state index >= 15 is 0 Å². The molecule has 0 saturated carbocycles. The summed E-state index contributed by atoms with van der Waals surface area (Å²) in [5, 5.41) is 3.11. The Bertz CT molecular complexity index is 446. The van der Waals surface area contributed by atoms with Crippen LogP contribution >= 0.6 is 15.9 Å². The van der Waals surface area contributed by atoms with Gasteiger partial charge in [-0.25, -0.2) is 0 Å². The summed E-state index contributed by atoms with van der Waals surface area (Å²) >= 11 is 3.21. The minimum Gasteiger partial charge on any atom is -0.444 e. The van der Waals surface area contributed by atoms with Crippen molar-refractivity contribution in [3.05, 3.63) is 22.6 Å². The Morgan fingerprint density at radius 2 is 2.22 bits per heavy atom. The van der Waals surface area contributed by atoms with Crippen LogP contribution in [0.25, 0.3) is 0 Å². The highest BCUT2D eigenvalue weighted by atomic mass is 79.9. The molecule has 2 fully saturated rings. The molecule has 3 rings (SSSR count). The van der Waals surface area contributed by atoms with E-state index in [4.69, 9.17) is 4.42 Å². The third-order valence-electron chi connectivity index (χ3n) is 3.97. The Labute approximate surface area is 115 Å². The zero-order valence-electron chi connectivity index (χ0n) is 10.2. The van der Waals surface area contributed by atoms with Crippen molar-refractivity contribution in [1.82, 2.24) is 10.2 Å². The van der Waals surface area contributed by atoms with Crippen molar-refractivity contribution in [3.8, 4) is 0 Å². The van der Waals surface area contributed by atoms with Crippen molar-refractivity contribution in [2.24, 2.45) is 0 Å². The molecule has 2 atom stereocenters. The first-order valence-corrected chi connectivity index (χ1v) is 7.33. The molecule has 0 aromatic carbocycles. The van der Waals surface area contributed by atoms with E-state index in [-0.39, 0.29) is 11.9 Å². The summed E-state index contributed by atoms with van der Waals surface area (Å²) in [4.78, 5) is 14.6. The maximum atomic E-state index is 12.0. The predicted octanol–water partition coefficient (Wildman–Crippen LogP) is 2.40. The van der Waals surface area contributed by atoms with Crippen LogP contribution in [0.3, 0.4) is 0 Å². The van der Waals surface area contributed by atoms with Crippen molar-refractivity contribution in [2.45, 2.75) is 37.8 Å². The van der Waals surface area contributed by atoms with Crippen molar-refractivity contribution < 1.29 is 9.21 Å². The molecule has 0 radical (unpaired) electrons. The molecule has 2 saturated heterocycles. The number of carbonyl (C=O) groups is 1. The molecule has 1 amide bonds. The predicted molar refractivity (Wildman–Crippen MR) is 71.5 cm³/mol. The molecule has 0 aliphatic carbocycles. The van der Waals surface area contributed by atoms with Crippen LogP contribution in [0.2, 0.25) is 0 Å². The standard InChI is InChI=1S/C13H17BrN2O2/c14-12-5-4-11(18-12)13(17)15-9-6-8-16-7-2-1-3-10(9)16/h4-5,9-10H,1-3,6-8H2,(H,15,17). The second-order valence-electron chi connectivity index (χ2n) is 5.07. The Balaban J connectivity index is 1.64. The fraction of sp³-hybridized carbons (Fsp3) is 0.615. The summed E-state index contributed by atoms with van der Waals surface area (Å²) in [5.74, 6) is 0.286. The van der Waals surface area contributed by atoms with Crippen LogP contribution in [-0.2, 0) is 0 Å². The summed E-state index contributed by atoms with van der Waals surface area (Å²) in [6.07, 6.45) is 4.83. The second-order valence-corrected chi connectivity index (χ2v) is 5.85. The topological polar surface area (TPSA) is 45.5 Å². The number of fused-ring (bicyclic) bond motifs is 1. The van der Waals surface area contributed by atoms with Gasteiger partial charge in [0.2, 0.25) is 0 Å². The number of carbonyl (C=O) groups excluding carboxylic acids is 1. The Hall–Kier alpha value is -0.810. The first kappa shape index (κ1) is 12.2. The summed E-state index contributed by atoms with van der Waals surface area (Å²) in [6.45, 7) is 2.29. The van der Waals surface area contributed by atoms with Gasteiger partial charge < -0.3 is 9.73 Å². The number of nitrogens with one attached hydrogen (secondary N) is 1. The summed E-state index contributed by atoms with van der Waals surface area (Å²) in [7, 11) is 0. The van der Waals surface area contributed by atoms with Crippen LogP contribution in [0.5, 0.6) is 0 Å². The number of piperidine rings is 1. The summed E-state index contributed by atoms with van der Waals surface area (Å²) in [6, 6.07) is 4.26. The van der Waals surface area contributed by atoms with Gasteiger partial charge in [0.15, 0.2) is 10.4 Å². The number of amides is 1. The van der Waals surface area contributed by atoms with E-state index < -0.39 is 0 Å². The van der Waals surface area contributed by atoms with Gasteiger partial charge in [-0.1, -0.05) is 6.42 Å². The van der Waals surface area contributed by atoms with Gasteiger partial charge in [0, 0.05) is 18.6 Å². The molecule has 1 aromatic rings. The first-order valence-electron chi connectivity index (χ1n) is 6.54. The SMILES string of the molecule is O=C(NC1CCN2CCCCC12)c1ccc(Br)o1. The van der Waals surface area contributed by atoms with Crippen LogP contribution in [0.4, 0.5) is 0 Å². The lowest BCUT2D eigenvalue weighted by Crippen LogP contribution is -2.46. The molecule has 2 aliphatic rings. The fourth-order valence-corrected chi connectivity index (χ4v) is 3.40. The molecule has 18 heavy (non-hydrogen) atoms. The monoisotopic (exact) mass is 312 g/mol. The van der Waals surface area contributed by atoms with Crippen LogP contribution in [0, 0.1) is 0 Å². The van der Waals surface area contributed by atoms with Crippen molar-refractivity contribution in [2.75, 3.05) is 13.1 Å². The molecule has 1 aromatic heterocycles. The zero-order chi connectivity index (χ0) is 12.5. The van der Waals surface area contributed by atoms with Gasteiger partial charge in [-0.15, -0.1) is 0 Å². The molecular weight excluding hydrogens is 296 g/mol. The average Bonchev–Trinajstić information content (AvgIpc) is 2.97. The fourth-order valence-electron chi connectivity index (χ4n) is 3.09. The minimum absolute atomic E-state index is 0.0990. The highest BCUT2D eigenvalue weighted by molar-refractivity contribution is 9.10. The number of hydrogen-bond acceptors (Lipinski definition) is 3. The maximum absolute atomic E-state index is 12.0. The highest BCUT2D eigenvalue weighted by Gasteiger charge is 2.36. The second kappa shape index (κ2) is 5.05. The number of halogens is 1. The highest BCUT2D eigenvalue weighted by Crippen LogP contribution is 2.27. The van der Waals surface area contributed by atoms with E-state index in [1.54, 1.807) is 12.1 Å². The third kappa shape index (κ3) is 2.34. The molecule has 1 N–H and O–H groups in total. The molecule has 4 nitrogen and oxygen atoms in total. The first-order chi connectivity index (χ1) is 8.74. The van der Waals surface area contributed by atoms with Gasteiger partial charge in [-0.2, -0.15) is 0 Å². The van der Waals surface area contributed by atoms with Crippen molar-refractivity contribution in [3.63, 3.8) is 0 Å². The summed E-state index contributed by atoms with van der Waals surface area (Å²) < 4.78 is 5.88. The lowest BCUT2D eigenvalue weighted by Gasteiger charge is -2.32. The zero-order valence-corrected chi connectivity index (χ0v) is 11.8. The van der Waals surface area contributed by atoms with Crippen molar-refractivity contribution >= 4 is 21.8 Å². The van der Waals surface area contributed by atoms with Gasteiger partial charge in [-0.05, 0) is 53.9 Å². The van der Waals surface area contributed by atoms with Gasteiger partial charge in [0.05, 0.1) is 0 Å². The summed E-state index contributed by atoms with van der Waals surface area (Å²) in [5.41, 5.74) is 0. The molecule has 2 aliphatic heterocycles. The van der Waals surface area contributed by atoms with Crippen LogP contribution in [0.15, 0.2) is 21.2 Å². The number of nitrogens with zero attached hydrogens (tertiary/aromatic N) is 1. The van der Waals surface area contributed by atoms with E-state index in [0.717, 1.165) is 13.0 Å². The number of rotatable bonds is 2. The molecule has 5 heteroatoms. The number of hydrogen-bond donors (Lipinski definition) is 1. The largest absolute Gasteiger partial charge is 0.444 e. The van der Waals surface area contributed by atoms with Gasteiger partial charge in [0.25, 0.3) is 5.91 Å². The maximum Gasteiger partial charge on any atom is 0.287 e. The molecular formula is C13H17BrN2O2. The number of furan rings is 1. The van der Waals surface area contributed by atoms with E-state index in [1.807, 2.05) is 0 Å². The van der Waals surface area contributed by atoms with Crippen molar-refractivity contribution in [1.29, 1.82) is 0 Å². The normalized spacial score (nSPS) is 28.1. The molecule has 0 bridgehead atoms.